The lowest BCUT2D eigenvalue weighted by atomic mass is 9.97. The number of carbonyl (C=O) groups is 1. The molecular formula is C23H26N4O3. The Kier molecular flexibility index (Phi) is 5.97. The number of amides is 1. The predicted octanol–water partition coefficient (Wildman–Crippen LogP) is 3.89. The smallest absolute Gasteiger partial charge is 0.257 e. The van der Waals surface area contributed by atoms with Gasteiger partial charge in [0.1, 0.15) is 5.75 Å². The van der Waals surface area contributed by atoms with Crippen LogP contribution in [0, 0.1) is 5.92 Å². The molecule has 3 aromatic rings. The van der Waals surface area contributed by atoms with Gasteiger partial charge in [-0.1, -0.05) is 24.3 Å². The summed E-state index contributed by atoms with van der Waals surface area (Å²) in [6, 6.07) is 15.2. The Morgan fingerprint density at radius 2 is 1.87 bits per heavy atom. The fraction of sp³-hybridized carbons (Fsp3) is 0.348. The van der Waals surface area contributed by atoms with E-state index in [1.54, 1.807) is 7.11 Å². The highest BCUT2D eigenvalue weighted by atomic mass is 16.5. The average molecular weight is 406 g/mol. The second-order valence-electron chi connectivity index (χ2n) is 7.25. The van der Waals surface area contributed by atoms with Crippen molar-refractivity contribution in [2.24, 2.45) is 5.92 Å². The number of aromatic nitrogens is 2. The van der Waals surface area contributed by atoms with Gasteiger partial charge in [0.2, 0.25) is 5.91 Å². The van der Waals surface area contributed by atoms with Crippen LogP contribution in [0.25, 0.3) is 11.0 Å². The van der Waals surface area contributed by atoms with Crippen LogP contribution in [0.3, 0.4) is 0 Å². The number of ether oxygens (including phenoxy) is 2. The van der Waals surface area contributed by atoms with E-state index in [0.29, 0.717) is 36.3 Å². The summed E-state index contributed by atoms with van der Waals surface area (Å²) < 4.78 is 11.1. The summed E-state index contributed by atoms with van der Waals surface area (Å²) in [6.45, 7) is 3.84. The van der Waals surface area contributed by atoms with Gasteiger partial charge in [-0.2, -0.15) is 0 Å². The van der Waals surface area contributed by atoms with E-state index in [4.69, 9.17) is 14.5 Å². The zero-order valence-corrected chi connectivity index (χ0v) is 17.3. The zero-order valence-electron chi connectivity index (χ0n) is 17.3. The molecule has 0 radical (unpaired) electrons. The van der Waals surface area contributed by atoms with E-state index >= 15 is 0 Å². The van der Waals surface area contributed by atoms with Crippen molar-refractivity contribution in [1.82, 2.24) is 9.97 Å². The van der Waals surface area contributed by atoms with Crippen molar-refractivity contribution in [3.05, 3.63) is 48.5 Å². The molecule has 1 N–H and O–H groups in total. The van der Waals surface area contributed by atoms with E-state index in [9.17, 15) is 4.79 Å². The Hall–Kier alpha value is -3.35. The third-order valence-electron chi connectivity index (χ3n) is 5.25. The van der Waals surface area contributed by atoms with E-state index in [1.807, 2.05) is 55.5 Å². The van der Waals surface area contributed by atoms with Gasteiger partial charge >= 0.3 is 0 Å². The number of fused-ring (bicyclic) bond motifs is 1. The molecule has 0 spiro atoms. The van der Waals surface area contributed by atoms with Crippen molar-refractivity contribution >= 4 is 28.4 Å². The molecule has 1 aliphatic rings. The minimum atomic E-state index is -0.161. The van der Waals surface area contributed by atoms with Crippen LogP contribution < -0.4 is 19.7 Å². The van der Waals surface area contributed by atoms with Crippen molar-refractivity contribution in [3.63, 3.8) is 0 Å². The molecule has 4 rings (SSSR count). The summed E-state index contributed by atoms with van der Waals surface area (Å²) in [6.07, 6.45) is 1.71. The van der Waals surface area contributed by atoms with Crippen molar-refractivity contribution < 1.29 is 14.3 Å². The molecule has 1 saturated heterocycles. The minimum Gasteiger partial charge on any atom is -0.492 e. The summed E-state index contributed by atoms with van der Waals surface area (Å²) in [5, 5.41) is 3.04. The van der Waals surface area contributed by atoms with Gasteiger partial charge in [-0.05, 0) is 44.0 Å². The van der Waals surface area contributed by atoms with E-state index in [1.165, 1.54) is 0 Å². The fourth-order valence-corrected chi connectivity index (χ4v) is 3.79. The van der Waals surface area contributed by atoms with Crippen molar-refractivity contribution in [1.29, 1.82) is 0 Å². The summed E-state index contributed by atoms with van der Waals surface area (Å²) in [7, 11) is 1.60. The largest absolute Gasteiger partial charge is 0.492 e. The van der Waals surface area contributed by atoms with Crippen LogP contribution in [0.15, 0.2) is 48.5 Å². The van der Waals surface area contributed by atoms with Crippen LogP contribution in [-0.2, 0) is 4.79 Å². The molecule has 0 bridgehead atoms. The van der Waals surface area contributed by atoms with Crippen LogP contribution in [0.1, 0.15) is 19.8 Å². The molecule has 2 heterocycles. The summed E-state index contributed by atoms with van der Waals surface area (Å²) in [4.78, 5) is 24.5. The summed E-state index contributed by atoms with van der Waals surface area (Å²) in [5.74, 6) is 1.67. The van der Waals surface area contributed by atoms with Gasteiger partial charge in [0.25, 0.3) is 5.88 Å². The first-order chi connectivity index (χ1) is 14.7. The van der Waals surface area contributed by atoms with Crippen LogP contribution in [0.4, 0.5) is 11.5 Å². The standard InChI is InChI=1S/C23H26N4O3/c1-3-30-20-13-7-6-12-19(20)25-22(28)16-9-8-14-27(15-16)21-23(29-2)26-18-11-5-4-10-17(18)24-21/h4-7,10-13,16H,3,8-9,14-15H2,1-2H3,(H,25,28)/t16-/m0/s1. The van der Waals surface area contributed by atoms with Crippen molar-refractivity contribution in [2.75, 3.05) is 37.0 Å². The highest BCUT2D eigenvalue weighted by Gasteiger charge is 2.29. The topological polar surface area (TPSA) is 76.6 Å². The molecule has 1 fully saturated rings. The molecule has 7 nitrogen and oxygen atoms in total. The first kappa shape index (κ1) is 19.9. The number of hydrogen-bond acceptors (Lipinski definition) is 6. The Labute approximate surface area is 176 Å². The van der Waals surface area contributed by atoms with Gasteiger partial charge in [0.05, 0.1) is 36.4 Å². The molecule has 1 atom stereocenters. The Morgan fingerprint density at radius 1 is 1.13 bits per heavy atom. The molecule has 7 heteroatoms. The van der Waals surface area contributed by atoms with E-state index < -0.39 is 0 Å². The van der Waals surface area contributed by atoms with Crippen LogP contribution >= 0.6 is 0 Å². The second kappa shape index (κ2) is 8.98. The highest BCUT2D eigenvalue weighted by molar-refractivity contribution is 5.94. The third kappa shape index (κ3) is 4.15. The number of nitrogens with one attached hydrogen (secondary N) is 1. The van der Waals surface area contributed by atoms with E-state index in [0.717, 1.165) is 30.4 Å². The Balaban J connectivity index is 1.54. The second-order valence-corrected chi connectivity index (χ2v) is 7.25. The normalized spacial score (nSPS) is 16.3. The lowest BCUT2D eigenvalue weighted by molar-refractivity contribution is -0.120. The number of anilines is 2. The lowest BCUT2D eigenvalue weighted by Gasteiger charge is -2.33. The number of methoxy groups -OCH3 is 1. The third-order valence-corrected chi connectivity index (χ3v) is 5.25. The number of nitrogens with zero attached hydrogens (tertiary/aromatic N) is 3. The number of piperidine rings is 1. The minimum absolute atomic E-state index is 0.0143. The maximum Gasteiger partial charge on any atom is 0.257 e. The number of para-hydroxylation sites is 4. The van der Waals surface area contributed by atoms with Crippen molar-refractivity contribution in [2.45, 2.75) is 19.8 Å². The zero-order chi connectivity index (χ0) is 20.9. The van der Waals surface area contributed by atoms with Crippen molar-refractivity contribution in [3.8, 4) is 11.6 Å². The van der Waals surface area contributed by atoms with Gasteiger partial charge < -0.3 is 19.7 Å². The van der Waals surface area contributed by atoms with Crippen LogP contribution in [-0.4, -0.2) is 42.7 Å². The first-order valence-corrected chi connectivity index (χ1v) is 10.3. The van der Waals surface area contributed by atoms with Gasteiger partial charge in [-0.15, -0.1) is 0 Å². The molecule has 1 aromatic heterocycles. The summed E-state index contributed by atoms with van der Waals surface area (Å²) in [5.41, 5.74) is 2.30. The molecule has 1 amide bonds. The Morgan fingerprint density at radius 3 is 2.63 bits per heavy atom. The van der Waals surface area contributed by atoms with Gasteiger partial charge in [-0.3, -0.25) is 4.79 Å². The number of rotatable bonds is 6. The quantitative estimate of drug-likeness (QED) is 0.669. The van der Waals surface area contributed by atoms with Gasteiger partial charge in [0, 0.05) is 13.1 Å². The highest BCUT2D eigenvalue weighted by Crippen LogP contribution is 2.31. The lowest BCUT2D eigenvalue weighted by Crippen LogP contribution is -2.41. The van der Waals surface area contributed by atoms with Crippen LogP contribution in [0.2, 0.25) is 0 Å². The molecular weight excluding hydrogens is 380 g/mol. The average Bonchev–Trinajstić information content (AvgIpc) is 2.79. The molecule has 0 unspecified atom stereocenters. The fourth-order valence-electron chi connectivity index (χ4n) is 3.79. The number of benzene rings is 2. The van der Waals surface area contributed by atoms with Crippen LogP contribution in [0.5, 0.6) is 11.6 Å². The molecule has 30 heavy (non-hydrogen) atoms. The molecule has 156 valence electrons. The van der Waals surface area contributed by atoms with Gasteiger partial charge in [0.15, 0.2) is 5.82 Å². The Bertz CT molecular complexity index is 1040. The molecule has 2 aromatic carbocycles. The maximum absolute atomic E-state index is 13.0. The number of hydrogen-bond donors (Lipinski definition) is 1. The van der Waals surface area contributed by atoms with Gasteiger partial charge in [-0.25, -0.2) is 9.97 Å². The monoisotopic (exact) mass is 406 g/mol. The summed E-state index contributed by atoms with van der Waals surface area (Å²) >= 11 is 0. The molecule has 0 saturated carbocycles. The first-order valence-electron chi connectivity index (χ1n) is 10.3. The van der Waals surface area contributed by atoms with E-state index in [-0.39, 0.29) is 11.8 Å². The molecule has 0 aliphatic carbocycles. The number of carbonyl (C=O) groups excluding carboxylic acids is 1. The SMILES string of the molecule is CCOc1ccccc1NC(=O)[C@H]1CCCN(c2nc3ccccc3nc2OC)C1. The predicted molar refractivity (Wildman–Crippen MR) is 117 cm³/mol. The van der Waals surface area contributed by atoms with E-state index in [2.05, 4.69) is 15.2 Å². The maximum atomic E-state index is 13.0. The molecule has 1 aliphatic heterocycles.